The van der Waals surface area contributed by atoms with E-state index in [2.05, 4.69) is 54.7 Å². The molecule has 1 unspecified atom stereocenters. The molecule has 20 heavy (non-hydrogen) atoms. The van der Waals surface area contributed by atoms with E-state index in [1.54, 1.807) is 6.08 Å². The van der Waals surface area contributed by atoms with Gasteiger partial charge in [0.15, 0.2) is 0 Å². The molecular formula is C16H25O2SSi+. The fraction of sp³-hybridized carbons (Fsp3) is 0.438. The molecule has 0 aromatic heterocycles. The van der Waals surface area contributed by atoms with E-state index < -0.39 is 8.07 Å². The zero-order chi connectivity index (χ0) is 15.0. The highest BCUT2D eigenvalue weighted by molar-refractivity contribution is 7.97. The van der Waals surface area contributed by atoms with E-state index in [9.17, 15) is 4.79 Å². The molecule has 1 rings (SSSR count). The molecule has 1 aromatic carbocycles. The van der Waals surface area contributed by atoms with Crippen LogP contribution in [0.3, 0.4) is 0 Å². The van der Waals surface area contributed by atoms with Crippen LogP contribution in [0, 0.1) is 0 Å². The second-order valence-electron chi connectivity index (χ2n) is 6.04. The Kier molecular flexibility index (Phi) is 7.09. The second kappa shape index (κ2) is 8.32. The fourth-order valence-corrected chi connectivity index (χ4v) is 8.87. The van der Waals surface area contributed by atoms with Crippen LogP contribution in [0.4, 0.5) is 0 Å². The number of esters is 1. The van der Waals surface area contributed by atoms with Gasteiger partial charge < -0.3 is 4.74 Å². The number of methoxy groups -OCH3 is 1. The van der Waals surface area contributed by atoms with Gasteiger partial charge in [-0.05, 0) is 17.0 Å². The maximum absolute atomic E-state index is 11.1. The summed E-state index contributed by atoms with van der Waals surface area (Å²) in [5, 5.41) is 1.30. The third-order valence-electron chi connectivity index (χ3n) is 2.64. The van der Waals surface area contributed by atoms with Crippen LogP contribution < -0.4 is 0 Å². The number of carbonyl (C=O) groups is 1. The summed E-state index contributed by atoms with van der Waals surface area (Å²) >= 11 is 0. The Labute approximate surface area is 126 Å². The number of carbonyl (C=O) groups excluding carboxylic acids is 1. The van der Waals surface area contributed by atoms with E-state index >= 15 is 0 Å². The van der Waals surface area contributed by atoms with Crippen LogP contribution in [-0.2, 0) is 26.2 Å². The van der Waals surface area contributed by atoms with Gasteiger partial charge in [-0.3, -0.25) is 0 Å². The van der Waals surface area contributed by atoms with Gasteiger partial charge in [-0.2, -0.15) is 0 Å². The molecule has 0 N–H and O–H groups in total. The average molecular weight is 310 g/mol. The lowest BCUT2D eigenvalue weighted by molar-refractivity contribution is -0.134. The molecular weight excluding hydrogens is 284 g/mol. The predicted octanol–water partition coefficient (Wildman–Crippen LogP) is 3.41. The molecule has 0 aliphatic rings. The predicted molar refractivity (Wildman–Crippen MR) is 91.7 cm³/mol. The lowest BCUT2D eigenvalue weighted by Crippen LogP contribution is -2.34. The van der Waals surface area contributed by atoms with Crippen molar-refractivity contribution in [2.24, 2.45) is 0 Å². The van der Waals surface area contributed by atoms with E-state index in [4.69, 9.17) is 0 Å². The van der Waals surface area contributed by atoms with Gasteiger partial charge >= 0.3 is 5.97 Å². The van der Waals surface area contributed by atoms with Gasteiger partial charge in [0.05, 0.1) is 12.5 Å². The van der Waals surface area contributed by atoms with Crippen molar-refractivity contribution >= 4 is 24.9 Å². The Morgan fingerprint density at radius 1 is 1.25 bits per heavy atom. The highest BCUT2D eigenvalue weighted by Crippen LogP contribution is 2.15. The molecule has 1 atom stereocenters. The van der Waals surface area contributed by atoms with Gasteiger partial charge in [0.2, 0.25) is 0 Å². The summed E-state index contributed by atoms with van der Waals surface area (Å²) in [6.45, 7) is 7.21. The number of rotatable bonds is 7. The number of hydrogen-bond acceptors (Lipinski definition) is 2. The molecule has 0 aliphatic carbocycles. The number of ether oxygens (including phenoxy) is 1. The topological polar surface area (TPSA) is 26.3 Å². The molecule has 0 amide bonds. The molecule has 0 heterocycles. The molecule has 0 saturated carbocycles. The summed E-state index contributed by atoms with van der Waals surface area (Å²) in [6.07, 6.45) is 3.52. The van der Waals surface area contributed by atoms with Crippen molar-refractivity contribution in [1.82, 2.24) is 0 Å². The lowest BCUT2D eigenvalue weighted by Gasteiger charge is -2.16. The van der Waals surface area contributed by atoms with Crippen molar-refractivity contribution < 1.29 is 9.53 Å². The Bertz CT molecular complexity index is 438. The lowest BCUT2D eigenvalue weighted by atomic mass is 10.2. The quantitative estimate of drug-likeness (QED) is 0.334. The Balaban J connectivity index is 2.65. The van der Waals surface area contributed by atoms with Crippen LogP contribution in [0.1, 0.15) is 5.56 Å². The summed E-state index contributed by atoms with van der Waals surface area (Å²) in [6, 6.07) is 10.6. The zero-order valence-electron chi connectivity index (χ0n) is 12.9. The summed E-state index contributed by atoms with van der Waals surface area (Å²) in [5.41, 5.74) is 1.39. The SMILES string of the molecule is COC(=O)/C=C/C[S+](Cc1ccccc1)C[Si](C)(C)C. The third-order valence-corrected chi connectivity index (χ3v) is 9.14. The summed E-state index contributed by atoms with van der Waals surface area (Å²) in [5.74, 6) is 1.81. The average Bonchev–Trinajstić information content (AvgIpc) is 2.37. The maximum Gasteiger partial charge on any atom is 0.330 e. The van der Waals surface area contributed by atoms with Gasteiger partial charge in [0.25, 0.3) is 0 Å². The molecule has 0 saturated heterocycles. The van der Waals surface area contributed by atoms with Gasteiger partial charge in [-0.25, -0.2) is 4.79 Å². The van der Waals surface area contributed by atoms with Crippen LogP contribution in [0.2, 0.25) is 19.6 Å². The molecule has 110 valence electrons. The van der Waals surface area contributed by atoms with Crippen LogP contribution in [0.5, 0.6) is 0 Å². The highest BCUT2D eigenvalue weighted by Gasteiger charge is 2.27. The normalized spacial score (nSPS) is 13.4. The minimum atomic E-state index is -1.10. The van der Waals surface area contributed by atoms with Crippen LogP contribution in [0.25, 0.3) is 0 Å². The largest absolute Gasteiger partial charge is 0.466 e. The maximum atomic E-state index is 11.1. The Morgan fingerprint density at radius 3 is 2.45 bits per heavy atom. The van der Waals surface area contributed by atoms with Gasteiger partial charge in [-0.15, -0.1) is 0 Å². The molecule has 2 nitrogen and oxygen atoms in total. The first-order valence-electron chi connectivity index (χ1n) is 6.83. The zero-order valence-corrected chi connectivity index (χ0v) is 14.7. The van der Waals surface area contributed by atoms with E-state index in [0.717, 1.165) is 11.5 Å². The first-order chi connectivity index (χ1) is 9.40. The number of hydrogen-bond donors (Lipinski definition) is 0. The fourth-order valence-electron chi connectivity index (χ4n) is 1.94. The second-order valence-corrected chi connectivity index (χ2v) is 14.2. The summed E-state index contributed by atoms with van der Waals surface area (Å²) < 4.78 is 4.64. The Hall–Kier alpha value is -1.00. The summed E-state index contributed by atoms with van der Waals surface area (Å²) in [7, 11) is 0.622. The van der Waals surface area contributed by atoms with Crippen molar-refractivity contribution in [2.45, 2.75) is 25.4 Å². The number of benzene rings is 1. The molecule has 0 radical (unpaired) electrons. The first-order valence-corrected chi connectivity index (χ1v) is 12.3. The molecule has 0 spiro atoms. The Morgan fingerprint density at radius 2 is 1.90 bits per heavy atom. The smallest absolute Gasteiger partial charge is 0.330 e. The highest BCUT2D eigenvalue weighted by atomic mass is 32.2. The van der Waals surface area contributed by atoms with Crippen LogP contribution in [0.15, 0.2) is 42.5 Å². The minimum absolute atomic E-state index is 0.263. The minimum Gasteiger partial charge on any atom is -0.466 e. The monoisotopic (exact) mass is 309 g/mol. The van der Waals surface area contributed by atoms with E-state index in [1.807, 2.05) is 6.08 Å². The molecule has 1 aromatic rings. The molecule has 0 aliphatic heterocycles. The summed E-state index contributed by atoms with van der Waals surface area (Å²) in [4.78, 5) is 11.1. The van der Waals surface area contributed by atoms with Crippen molar-refractivity contribution in [1.29, 1.82) is 0 Å². The van der Waals surface area contributed by atoms with Crippen LogP contribution >= 0.6 is 0 Å². The third kappa shape index (κ3) is 7.55. The standard InChI is InChI=1S/C16H25O2SSi/c1-18-16(17)11-8-12-19(14-20(2,3)4)13-15-9-6-5-7-10-15/h5-11H,12-14H2,1-4H3/q+1/b11-8+. The van der Waals surface area contributed by atoms with E-state index in [-0.39, 0.29) is 5.97 Å². The van der Waals surface area contributed by atoms with Crippen LogP contribution in [-0.4, -0.2) is 32.3 Å². The van der Waals surface area contributed by atoms with Gasteiger partial charge in [0, 0.05) is 11.6 Å². The molecule has 0 bridgehead atoms. The first kappa shape index (κ1) is 17.0. The van der Waals surface area contributed by atoms with E-state index in [0.29, 0.717) is 10.9 Å². The van der Waals surface area contributed by atoms with Gasteiger partial charge in [0.1, 0.15) is 19.6 Å². The van der Waals surface area contributed by atoms with Crippen molar-refractivity contribution in [2.75, 3.05) is 18.2 Å². The molecule has 4 heteroatoms. The molecule has 0 fully saturated rings. The van der Waals surface area contributed by atoms with Crippen molar-refractivity contribution in [3.8, 4) is 0 Å². The van der Waals surface area contributed by atoms with Gasteiger partial charge in [-0.1, -0.05) is 50.0 Å². The van der Waals surface area contributed by atoms with Crippen molar-refractivity contribution in [3.63, 3.8) is 0 Å². The van der Waals surface area contributed by atoms with E-state index in [1.165, 1.54) is 18.0 Å². The van der Waals surface area contributed by atoms with Crippen molar-refractivity contribution in [3.05, 3.63) is 48.0 Å².